The summed E-state index contributed by atoms with van der Waals surface area (Å²) in [6.07, 6.45) is 86.2. The molecule has 0 saturated heterocycles. The van der Waals surface area contributed by atoms with Crippen LogP contribution in [-0.4, -0.2) is 37.2 Å². The van der Waals surface area contributed by atoms with E-state index in [4.69, 9.17) is 14.2 Å². The van der Waals surface area contributed by atoms with Crippen LogP contribution in [0, 0.1) is 0 Å². The number of esters is 3. The van der Waals surface area contributed by atoms with Crippen molar-refractivity contribution in [1.29, 1.82) is 0 Å². The second-order valence-corrected chi connectivity index (χ2v) is 20.2. The largest absolute Gasteiger partial charge is 0.462 e. The topological polar surface area (TPSA) is 78.9 Å². The van der Waals surface area contributed by atoms with Crippen LogP contribution in [0.2, 0.25) is 0 Å². The summed E-state index contributed by atoms with van der Waals surface area (Å²) in [5, 5.41) is 0. The first kappa shape index (κ1) is 70.8. The molecular formula is C69H114O6. The van der Waals surface area contributed by atoms with Crippen molar-refractivity contribution in [2.75, 3.05) is 13.2 Å². The summed E-state index contributed by atoms with van der Waals surface area (Å²) in [5.74, 6) is -0.951. The van der Waals surface area contributed by atoms with Gasteiger partial charge in [-0.3, -0.25) is 14.4 Å². The highest BCUT2D eigenvalue weighted by molar-refractivity contribution is 5.71. The third kappa shape index (κ3) is 60.6. The number of carbonyl (C=O) groups is 3. The van der Waals surface area contributed by atoms with Crippen LogP contribution in [0.4, 0.5) is 0 Å². The molecule has 0 spiro atoms. The van der Waals surface area contributed by atoms with Gasteiger partial charge in [0.25, 0.3) is 0 Å². The fourth-order valence-corrected chi connectivity index (χ4v) is 8.34. The van der Waals surface area contributed by atoms with Crippen LogP contribution < -0.4 is 0 Å². The highest BCUT2D eigenvalue weighted by Gasteiger charge is 2.19. The fraction of sp³-hybridized carbons (Fsp3) is 0.667. The Morgan fingerprint density at radius 1 is 0.280 bits per heavy atom. The lowest BCUT2D eigenvalue weighted by Gasteiger charge is -2.18. The minimum atomic E-state index is -0.806. The third-order valence-corrected chi connectivity index (χ3v) is 12.9. The van der Waals surface area contributed by atoms with Crippen molar-refractivity contribution in [2.45, 2.75) is 284 Å². The second-order valence-electron chi connectivity index (χ2n) is 20.2. The Bertz CT molecular complexity index is 1570. The maximum Gasteiger partial charge on any atom is 0.306 e. The van der Waals surface area contributed by atoms with Crippen molar-refractivity contribution >= 4 is 17.9 Å². The van der Waals surface area contributed by atoms with Gasteiger partial charge in [-0.1, -0.05) is 251 Å². The normalized spacial score (nSPS) is 12.9. The maximum absolute atomic E-state index is 12.9. The Morgan fingerprint density at radius 3 is 0.840 bits per heavy atom. The first-order chi connectivity index (χ1) is 37.0. The van der Waals surface area contributed by atoms with Gasteiger partial charge >= 0.3 is 17.9 Å². The Morgan fingerprint density at radius 2 is 0.520 bits per heavy atom. The molecule has 1 unspecified atom stereocenters. The van der Waals surface area contributed by atoms with E-state index < -0.39 is 6.10 Å². The van der Waals surface area contributed by atoms with Crippen LogP contribution >= 0.6 is 0 Å². The smallest absolute Gasteiger partial charge is 0.306 e. The van der Waals surface area contributed by atoms with Gasteiger partial charge in [0, 0.05) is 19.3 Å². The summed E-state index contributed by atoms with van der Waals surface area (Å²) in [5.41, 5.74) is 0. The van der Waals surface area contributed by atoms with E-state index >= 15 is 0 Å². The second kappa shape index (κ2) is 62.4. The van der Waals surface area contributed by atoms with E-state index in [1.54, 1.807) is 0 Å². The molecule has 1 atom stereocenters. The molecule has 75 heavy (non-hydrogen) atoms. The van der Waals surface area contributed by atoms with Crippen molar-refractivity contribution in [2.24, 2.45) is 0 Å². The van der Waals surface area contributed by atoms with E-state index in [1.807, 2.05) is 0 Å². The van der Waals surface area contributed by atoms with Gasteiger partial charge in [-0.05, 0) is 128 Å². The molecule has 0 radical (unpaired) electrons. The molecule has 0 aromatic heterocycles. The van der Waals surface area contributed by atoms with Crippen LogP contribution in [0.1, 0.15) is 278 Å². The van der Waals surface area contributed by atoms with Crippen LogP contribution in [0.3, 0.4) is 0 Å². The van der Waals surface area contributed by atoms with E-state index in [0.717, 1.165) is 122 Å². The van der Waals surface area contributed by atoms with Gasteiger partial charge in [0.15, 0.2) is 6.10 Å². The van der Waals surface area contributed by atoms with Gasteiger partial charge in [-0.25, -0.2) is 0 Å². The summed E-state index contributed by atoms with van der Waals surface area (Å²) in [6.45, 7) is 6.37. The average molecular weight is 1040 g/mol. The van der Waals surface area contributed by atoms with E-state index in [0.29, 0.717) is 19.3 Å². The predicted octanol–water partition coefficient (Wildman–Crippen LogP) is 21.2. The van der Waals surface area contributed by atoms with Crippen molar-refractivity contribution in [3.63, 3.8) is 0 Å². The number of allylic oxidation sites excluding steroid dienone is 20. The van der Waals surface area contributed by atoms with Gasteiger partial charge in [-0.15, -0.1) is 0 Å². The van der Waals surface area contributed by atoms with Crippen molar-refractivity contribution in [3.8, 4) is 0 Å². The van der Waals surface area contributed by atoms with E-state index in [-0.39, 0.29) is 31.1 Å². The van der Waals surface area contributed by atoms with Crippen molar-refractivity contribution in [1.82, 2.24) is 0 Å². The first-order valence-corrected chi connectivity index (χ1v) is 31.0. The standard InChI is InChI=1S/C69H114O6/c1-4-7-10-13-16-19-22-25-28-30-32-34-36-38-41-44-47-50-53-56-59-62-68(71)74-65-66(64-73-67(70)61-58-55-52-49-46-43-40-27-24-21-18-15-12-9-6-3)75-69(72)63-60-57-54-51-48-45-42-39-37-35-33-31-29-26-23-20-17-14-11-8-5-2/h7,9-10,12,16,18-19,21,23,25-28,31-34,40,46,49,66H,4-6,8,11,13-15,17,20,22,24,29-30,35-39,41-45,47-48,50-65H2,1-3H3/b10-7-,12-9-,19-16-,21-18-,26-23-,28-25-,33-31-,34-32-,40-27-,49-46-. The number of hydrogen-bond acceptors (Lipinski definition) is 6. The maximum atomic E-state index is 12.9. The SMILES string of the molecule is CC/C=C\C/C=C\C/C=C\C/C=C\CCCCCCCCCCC(=O)OCC(COC(=O)CCCC/C=C\C/C=C\C/C=C\C/C=C\CC)OC(=O)CCCCCCCCCCC/C=C\C/C=C\CCCCCCC. The number of ether oxygens (including phenoxy) is 3. The average Bonchev–Trinajstić information content (AvgIpc) is 3.41. The number of hydrogen-bond donors (Lipinski definition) is 0. The predicted molar refractivity (Wildman–Crippen MR) is 325 cm³/mol. The van der Waals surface area contributed by atoms with Gasteiger partial charge in [0.1, 0.15) is 13.2 Å². The zero-order valence-electron chi connectivity index (χ0n) is 48.8. The highest BCUT2D eigenvalue weighted by Crippen LogP contribution is 2.15. The lowest BCUT2D eigenvalue weighted by Crippen LogP contribution is -2.30. The minimum absolute atomic E-state index is 0.0997. The third-order valence-electron chi connectivity index (χ3n) is 12.9. The Hall–Kier alpha value is -4.19. The summed E-state index contributed by atoms with van der Waals surface area (Å²) >= 11 is 0. The molecule has 0 heterocycles. The zero-order chi connectivity index (χ0) is 54.3. The van der Waals surface area contributed by atoms with E-state index in [1.165, 1.54) is 116 Å². The molecule has 0 saturated carbocycles. The lowest BCUT2D eigenvalue weighted by molar-refractivity contribution is -0.167. The van der Waals surface area contributed by atoms with Gasteiger partial charge in [-0.2, -0.15) is 0 Å². The molecule has 6 nitrogen and oxygen atoms in total. The Kier molecular flexibility index (Phi) is 58.9. The molecule has 0 bridgehead atoms. The molecule has 0 aromatic rings. The molecule has 6 heteroatoms. The van der Waals surface area contributed by atoms with Crippen LogP contribution in [0.5, 0.6) is 0 Å². The quantitative estimate of drug-likeness (QED) is 0.0261. The molecule has 0 aromatic carbocycles. The number of unbranched alkanes of at least 4 members (excludes halogenated alkanes) is 24. The van der Waals surface area contributed by atoms with Crippen LogP contribution in [0.15, 0.2) is 122 Å². The Balaban J connectivity index is 4.44. The molecule has 426 valence electrons. The Labute approximate surface area is 462 Å². The van der Waals surface area contributed by atoms with Crippen molar-refractivity contribution in [3.05, 3.63) is 122 Å². The monoisotopic (exact) mass is 1040 g/mol. The molecule has 0 aliphatic rings. The van der Waals surface area contributed by atoms with Crippen LogP contribution in [0.25, 0.3) is 0 Å². The summed E-state index contributed by atoms with van der Waals surface area (Å²) in [7, 11) is 0. The molecule has 0 rings (SSSR count). The van der Waals surface area contributed by atoms with Crippen LogP contribution in [-0.2, 0) is 28.6 Å². The van der Waals surface area contributed by atoms with Gasteiger partial charge in [0.05, 0.1) is 0 Å². The fourth-order valence-electron chi connectivity index (χ4n) is 8.34. The molecule has 0 aliphatic carbocycles. The zero-order valence-corrected chi connectivity index (χ0v) is 48.8. The van der Waals surface area contributed by atoms with E-state index in [9.17, 15) is 14.4 Å². The summed E-state index contributed by atoms with van der Waals surface area (Å²) < 4.78 is 16.9. The molecule has 0 N–H and O–H groups in total. The first-order valence-electron chi connectivity index (χ1n) is 31.0. The van der Waals surface area contributed by atoms with E-state index in [2.05, 4.69) is 142 Å². The number of rotatable bonds is 55. The van der Waals surface area contributed by atoms with Gasteiger partial charge < -0.3 is 14.2 Å². The molecule has 0 amide bonds. The lowest BCUT2D eigenvalue weighted by atomic mass is 10.1. The van der Waals surface area contributed by atoms with Crippen molar-refractivity contribution < 1.29 is 28.6 Å². The molecule has 0 aliphatic heterocycles. The summed E-state index contributed by atoms with van der Waals surface area (Å²) in [4.78, 5) is 38.3. The minimum Gasteiger partial charge on any atom is -0.462 e. The molecular weight excluding hydrogens is 925 g/mol. The molecule has 0 fully saturated rings. The number of carbonyl (C=O) groups excluding carboxylic acids is 3. The van der Waals surface area contributed by atoms with Gasteiger partial charge in [0.2, 0.25) is 0 Å². The summed E-state index contributed by atoms with van der Waals surface area (Å²) in [6, 6.07) is 0. The highest BCUT2D eigenvalue weighted by atomic mass is 16.6.